The second-order valence-corrected chi connectivity index (χ2v) is 8.38. The van der Waals surface area contributed by atoms with Gasteiger partial charge in [-0.25, -0.2) is 9.67 Å². The summed E-state index contributed by atoms with van der Waals surface area (Å²) in [6.07, 6.45) is -0.842. The molecule has 182 valence electrons. The standard InChI is InChI=1S/C23H26F3N5O3/c1-34-20-8-6-18(14-27-20)29-10-12-30(13-11-29)22(33)15-31-21(32)9-7-19(28-31)16-2-4-17(5-3-16)23(24,25)26/h2,6-9,14,17H,3-5,10-13,15H2,1H3. The van der Waals surface area contributed by atoms with Crippen molar-refractivity contribution in [1.29, 1.82) is 0 Å². The number of halogens is 3. The maximum atomic E-state index is 12.9. The van der Waals surface area contributed by atoms with Crippen LogP contribution >= 0.6 is 0 Å². The first-order chi connectivity index (χ1) is 16.2. The molecule has 1 aliphatic heterocycles. The number of nitrogens with zero attached hydrogens (tertiary/aromatic N) is 5. The molecule has 1 aliphatic carbocycles. The van der Waals surface area contributed by atoms with Crippen molar-refractivity contribution in [2.75, 3.05) is 38.2 Å². The van der Waals surface area contributed by atoms with Crippen LogP contribution in [0.4, 0.5) is 18.9 Å². The van der Waals surface area contributed by atoms with Gasteiger partial charge in [0.15, 0.2) is 0 Å². The Hall–Kier alpha value is -3.37. The number of methoxy groups -OCH3 is 1. The Morgan fingerprint density at radius 1 is 1.15 bits per heavy atom. The molecule has 2 aliphatic rings. The van der Waals surface area contributed by atoms with Gasteiger partial charge in [0, 0.05) is 38.3 Å². The molecular formula is C23H26F3N5O3. The smallest absolute Gasteiger partial charge is 0.392 e. The first-order valence-corrected chi connectivity index (χ1v) is 11.1. The second-order valence-electron chi connectivity index (χ2n) is 8.38. The van der Waals surface area contributed by atoms with E-state index >= 15 is 0 Å². The molecule has 2 aromatic rings. The molecule has 1 amide bonds. The van der Waals surface area contributed by atoms with Gasteiger partial charge in [0.25, 0.3) is 5.56 Å². The summed E-state index contributed by atoms with van der Waals surface area (Å²) in [6, 6.07) is 6.50. The summed E-state index contributed by atoms with van der Waals surface area (Å²) in [7, 11) is 1.55. The lowest BCUT2D eigenvalue weighted by molar-refractivity contribution is -0.175. The average Bonchev–Trinajstić information content (AvgIpc) is 2.85. The number of carbonyl (C=O) groups is 1. The highest BCUT2D eigenvalue weighted by Crippen LogP contribution is 2.38. The van der Waals surface area contributed by atoms with Crippen molar-refractivity contribution in [2.45, 2.75) is 32.0 Å². The molecule has 0 bridgehead atoms. The summed E-state index contributed by atoms with van der Waals surface area (Å²) in [6.45, 7) is 2.01. The summed E-state index contributed by atoms with van der Waals surface area (Å²) in [5.41, 5.74) is 1.62. The quantitative estimate of drug-likeness (QED) is 0.659. The number of piperazine rings is 1. The van der Waals surface area contributed by atoms with E-state index in [2.05, 4.69) is 15.0 Å². The highest BCUT2D eigenvalue weighted by molar-refractivity contribution is 5.76. The van der Waals surface area contributed by atoms with Crippen LogP contribution in [0.25, 0.3) is 5.57 Å². The minimum absolute atomic E-state index is 0.0108. The molecule has 3 heterocycles. The number of alkyl halides is 3. The van der Waals surface area contributed by atoms with E-state index < -0.39 is 17.7 Å². The van der Waals surface area contributed by atoms with Crippen LogP contribution in [0, 0.1) is 5.92 Å². The third-order valence-corrected chi connectivity index (χ3v) is 6.28. The fourth-order valence-electron chi connectivity index (χ4n) is 4.22. The zero-order valence-corrected chi connectivity index (χ0v) is 18.8. The lowest BCUT2D eigenvalue weighted by Crippen LogP contribution is -2.50. The predicted molar refractivity (Wildman–Crippen MR) is 119 cm³/mol. The molecule has 1 unspecified atom stereocenters. The number of pyridine rings is 1. The molecule has 0 saturated carbocycles. The van der Waals surface area contributed by atoms with Gasteiger partial charge in [-0.05, 0) is 37.0 Å². The van der Waals surface area contributed by atoms with Crippen LogP contribution in [0.5, 0.6) is 5.88 Å². The summed E-state index contributed by atoms with van der Waals surface area (Å²) in [5, 5.41) is 4.27. The molecule has 0 spiro atoms. The van der Waals surface area contributed by atoms with E-state index in [9.17, 15) is 22.8 Å². The van der Waals surface area contributed by atoms with E-state index in [1.165, 1.54) is 18.2 Å². The first kappa shape index (κ1) is 23.8. The SMILES string of the molecule is COc1ccc(N2CCN(C(=O)Cn3nc(C4=CCC(C(F)(F)F)CC4)ccc3=O)CC2)cn1. The molecule has 1 atom stereocenters. The highest BCUT2D eigenvalue weighted by atomic mass is 19.4. The molecule has 2 aromatic heterocycles. The van der Waals surface area contributed by atoms with Crippen molar-refractivity contribution in [1.82, 2.24) is 19.7 Å². The Bertz CT molecular complexity index is 1110. The molecule has 11 heteroatoms. The van der Waals surface area contributed by atoms with Gasteiger partial charge >= 0.3 is 6.18 Å². The van der Waals surface area contributed by atoms with E-state index in [1.807, 2.05) is 6.07 Å². The normalized spacial score (nSPS) is 19.1. The molecule has 4 rings (SSSR count). The van der Waals surface area contributed by atoms with Crippen molar-refractivity contribution in [3.05, 3.63) is 52.6 Å². The number of carbonyl (C=O) groups excluding carboxylic acids is 1. The van der Waals surface area contributed by atoms with Gasteiger partial charge in [-0.3, -0.25) is 9.59 Å². The van der Waals surface area contributed by atoms with Crippen molar-refractivity contribution < 1.29 is 22.7 Å². The Morgan fingerprint density at radius 3 is 2.50 bits per heavy atom. The number of anilines is 1. The summed E-state index contributed by atoms with van der Waals surface area (Å²) in [5.74, 6) is -1.05. The molecular weight excluding hydrogens is 451 g/mol. The zero-order chi connectivity index (χ0) is 24.3. The Morgan fingerprint density at radius 2 is 1.91 bits per heavy atom. The molecule has 8 nitrogen and oxygen atoms in total. The van der Waals surface area contributed by atoms with Gasteiger partial charge in [0.1, 0.15) is 6.54 Å². The summed E-state index contributed by atoms with van der Waals surface area (Å²) in [4.78, 5) is 33.1. The first-order valence-electron chi connectivity index (χ1n) is 11.1. The highest BCUT2D eigenvalue weighted by Gasteiger charge is 2.39. The minimum Gasteiger partial charge on any atom is -0.481 e. The molecule has 0 radical (unpaired) electrons. The van der Waals surface area contributed by atoms with Crippen molar-refractivity contribution in [3.8, 4) is 5.88 Å². The van der Waals surface area contributed by atoms with Crippen LogP contribution in [0.3, 0.4) is 0 Å². The minimum atomic E-state index is -4.21. The van der Waals surface area contributed by atoms with Gasteiger partial charge in [-0.2, -0.15) is 18.3 Å². The van der Waals surface area contributed by atoms with Gasteiger partial charge in [0.05, 0.1) is 30.6 Å². The van der Waals surface area contributed by atoms with Crippen LogP contribution in [-0.4, -0.2) is 65.0 Å². The van der Waals surface area contributed by atoms with E-state index in [4.69, 9.17) is 4.74 Å². The number of amides is 1. The Balaban J connectivity index is 1.37. The van der Waals surface area contributed by atoms with Gasteiger partial charge in [-0.1, -0.05) is 6.08 Å². The maximum absolute atomic E-state index is 12.9. The number of aromatic nitrogens is 3. The maximum Gasteiger partial charge on any atom is 0.392 e. The Labute approximate surface area is 194 Å². The van der Waals surface area contributed by atoms with Gasteiger partial charge < -0.3 is 14.5 Å². The lowest BCUT2D eigenvalue weighted by Gasteiger charge is -2.36. The number of hydrogen-bond donors (Lipinski definition) is 0. The average molecular weight is 477 g/mol. The van der Waals surface area contributed by atoms with Crippen molar-refractivity contribution in [2.24, 2.45) is 5.92 Å². The summed E-state index contributed by atoms with van der Waals surface area (Å²) < 4.78 is 44.9. The van der Waals surface area contributed by atoms with Gasteiger partial charge in [-0.15, -0.1) is 0 Å². The van der Waals surface area contributed by atoms with E-state index in [0.29, 0.717) is 43.3 Å². The van der Waals surface area contributed by atoms with Crippen LogP contribution in [0.1, 0.15) is 25.0 Å². The van der Waals surface area contributed by atoms with Crippen molar-refractivity contribution >= 4 is 17.2 Å². The van der Waals surface area contributed by atoms with Crippen LogP contribution in [0.15, 0.2) is 41.3 Å². The number of allylic oxidation sites excluding steroid dienone is 2. The lowest BCUT2D eigenvalue weighted by atomic mass is 9.88. The van der Waals surface area contributed by atoms with Crippen LogP contribution in [-0.2, 0) is 11.3 Å². The summed E-state index contributed by atoms with van der Waals surface area (Å²) >= 11 is 0. The van der Waals surface area contributed by atoms with Crippen LogP contribution in [0.2, 0.25) is 0 Å². The fourth-order valence-corrected chi connectivity index (χ4v) is 4.22. The monoisotopic (exact) mass is 477 g/mol. The third kappa shape index (κ3) is 5.40. The topological polar surface area (TPSA) is 80.6 Å². The molecule has 0 aromatic carbocycles. The molecule has 1 fully saturated rings. The third-order valence-electron chi connectivity index (χ3n) is 6.28. The van der Waals surface area contributed by atoms with Crippen molar-refractivity contribution in [3.63, 3.8) is 0 Å². The number of hydrogen-bond acceptors (Lipinski definition) is 6. The Kier molecular flexibility index (Phi) is 6.90. The second kappa shape index (κ2) is 9.86. The molecule has 34 heavy (non-hydrogen) atoms. The van der Waals surface area contributed by atoms with E-state index in [-0.39, 0.29) is 31.7 Å². The zero-order valence-electron chi connectivity index (χ0n) is 18.8. The van der Waals surface area contributed by atoms with Crippen LogP contribution < -0.4 is 15.2 Å². The largest absolute Gasteiger partial charge is 0.481 e. The number of rotatable bonds is 5. The molecule has 0 N–H and O–H groups in total. The molecule has 1 saturated heterocycles. The van der Waals surface area contributed by atoms with Gasteiger partial charge in [0.2, 0.25) is 11.8 Å². The predicted octanol–water partition coefficient (Wildman–Crippen LogP) is 2.74. The number of ether oxygens (including phenoxy) is 1. The fraction of sp³-hybridized carbons (Fsp3) is 0.478. The van der Waals surface area contributed by atoms with E-state index in [1.54, 1.807) is 24.3 Å². The van der Waals surface area contributed by atoms with E-state index in [0.717, 1.165) is 10.4 Å².